The van der Waals surface area contributed by atoms with Gasteiger partial charge in [0.25, 0.3) is 0 Å². The molecule has 2 aromatic rings. The third-order valence-electron chi connectivity index (χ3n) is 3.91. The van der Waals surface area contributed by atoms with Gasteiger partial charge >= 0.3 is 0 Å². The summed E-state index contributed by atoms with van der Waals surface area (Å²) in [5, 5.41) is 9.93. The van der Waals surface area contributed by atoms with Crippen molar-refractivity contribution in [3.05, 3.63) is 59.4 Å². The van der Waals surface area contributed by atoms with Crippen LogP contribution in [0.1, 0.15) is 31.1 Å². The Hall–Kier alpha value is -1.87. The Kier molecular flexibility index (Phi) is 3.22. The lowest BCUT2D eigenvalue weighted by Crippen LogP contribution is -2.25. The Morgan fingerprint density at radius 2 is 1.95 bits per heavy atom. The van der Waals surface area contributed by atoms with E-state index in [2.05, 4.69) is 24.0 Å². The monoisotopic (exact) mass is 271 g/mol. The van der Waals surface area contributed by atoms with E-state index in [9.17, 15) is 9.50 Å². The van der Waals surface area contributed by atoms with E-state index in [1.165, 1.54) is 17.7 Å². The molecule has 104 valence electrons. The highest BCUT2D eigenvalue weighted by Gasteiger charge is 2.29. The lowest BCUT2D eigenvalue weighted by Gasteiger charge is -2.28. The van der Waals surface area contributed by atoms with Crippen molar-refractivity contribution in [3.8, 4) is 0 Å². The number of fused-ring (bicyclic) bond motifs is 1. The van der Waals surface area contributed by atoms with E-state index in [1.807, 2.05) is 12.1 Å². The van der Waals surface area contributed by atoms with Gasteiger partial charge in [-0.1, -0.05) is 18.2 Å². The fraction of sp³-hybridized carbons (Fsp3) is 0.294. The van der Waals surface area contributed by atoms with Crippen LogP contribution >= 0.6 is 0 Å². The molecule has 20 heavy (non-hydrogen) atoms. The minimum atomic E-state index is -0.694. The van der Waals surface area contributed by atoms with E-state index in [1.54, 1.807) is 13.0 Å². The maximum Gasteiger partial charge on any atom is 0.123 e. The normalized spacial score (nSPS) is 19.0. The van der Waals surface area contributed by atoms with Crippen molar-refractivity contribution < 1.29 is 9.50 Å². The van der Waals surface area contributed by atoms with Crippen LogP contribution in [0.5, 0.6) is 0 Å². The summed E-state index contributed by atoms with van der Waals surface area (Å²) in [6, 6.07) is 13.2. The van der Waals surface area contributed by atoms with E-state index in [0.717, 1.165) is 17.8 Å². The summed E-state index contributed by atoms with van der Waals surface area (Å²) in [7, 11) is 0. The number of aliphatic hydroxyl groups is 1. The number of benzene rings is 2. The lowest BCUT2D eigenvalue weighted by atomic mass is 10.1. The van der Waals surface area contributed by atoms with E-state index >= 15 is 0 Å². The molecular formula is C17H18FNO. The molecule has 0 spiro atoms. The quantitative estimate of drug-likeness (QED) is 0.893. The van der Waals surface area contributed by atoms with Gasteiger partial charge in [-0.05, 0) is 50.1 Å². The number of anilines is 2. The number of hydrogen-bond donors (Lipinski definition) is 1. The lowest BCUT2D eigenvalue weighted by molar-refractivity contribution is 0.199. The molecule has 2 atom stereocenters. The largest absolute Gasteiger partial charge is 0.389 e. The molecule has 1 unspecified atom stereocenters. The highest BCUT2D eigenvalue weighted by atomic mass is 19.1. The van der Waals surface area contributed by atoms with Crippen LogP contribution in [0, 0.1) is 5.82 Å². The Balaban J connectivity index is 2.14. The summed E-state index contributed by atoms with van der Waals surface area (Å²) in [6.45, 7) is 3.82. The van der Waals surface area contributed by atoms with Gasteiger partial charge in [0.2, 0.25) is 0 Å². The van der Waals surface area contributed by atoms with Crippen LogP contribution in [0.15, 0.2) is 42.5 Å². The topological polar surface area (TPSA) is 23.5 Å². The number of aliphatic hydroxyl groups excluding tert-OH is 1. The van der Waals surface area contributed by atoms with Crippen molar-refractivity contribution in [1.82, 2.24) is 0 Å². The van der Waals surface area contributed by atoms with Crippen LogP contribution in [-0.4, -0.2) is 11.1 Å². The predicted octanol–water partition coefficient (Wildman–Crippen LogP) is 3.96. The van der Waals surface area contributed by atoms with E-state index in [0.29, 0.717) is 11.6 Å². The van der Waals surface area contributed by atoms with Crippen molar-refractivity contribution in [3.63, 3.8) is 0 Å². The number of nitrogens with zero attached hydrogens (tertiary/aromatic N) is 1. The molecule has 0 saturated heterocycles. The van der Waals surface area contributed by atoms with Crippen molar-refractivity contribution >= 4 is 11.4 Å². The van der Waals surface area contributed by atoms with E-state index in [-0.39, 0.29) is 5.82 Å². The number of para-hydroxylation sites is 1. The number of hydrogen-bond acceptors (Lipinski definition) is 2. The van der Waals surface area contributed by atoms with Crippen molar-refractivity contribution in [2.75, 3.05) is 4.90 Å². The maximum absolute atomic E-state index is 13.5. The zero-order valence-corrected chi connectivity index (χ0v) is 11.7. The molecular weight excluding hydrogens is 253 g/mol. The van der Waals surface area contributed by atoms with Gasteiger partial charge in [-0.25, -0.2) is 4.39 Å². The van der Waals surface area contributed by atoms with Gasteiger partial charge in [-0.3, -0.25) is 0 Å². The molecule has 1 heterocycles. The number of halogens is 1. The average molecular weight is 271 g/mol. The Morgan fingerprint density at radius 1 is 1.20 bits per heavy atom. The van der Waals surface area contributed by atoms with Gasteiger partial charge in [-0.15, -0.1) is 0 Å². The third-order valence-corrected chi connectivity index (χ3v) is 3.91. The first-order valence-corrected chi connectivity index (χ1v) is 6.92. The van der Waals surface area contributed by atoms with Crippen LogP contribution in [0.4, 0.5) is 15.8 Å². The van der Waals surface area contributed by atoms with Crippen LogP contribution in [-0.2, 0) is 6.42 Å². The maximum atomic E-state index is 13.5. The van der Waals surface area contributed by atoms with Gasteiger partial charge in [0.15, 0.2) is 0 Å². The van der Waals surface area contributed by atoms with Gasteiger partial charge in [0, 0.05) is 23.0 Å². The second-order valence-corrected chi connectivity index (χ2v) is 5.43. The second kappa shape index (κ2) is 4.91. The van der Waals surface area contributed by atoms with Gasteiger partial charge in [0.05, 0.1) is 6.10 Å². The minimum Gasteiger partial charge on any atom is -0.389 e. The summed E-state index contributed by atoms with van der Waals surface area (Å²) >= 11 is 0. The summed E-state index contributed by atoms with van der Waals surface area (Å²) < 4.78 is 13.5. The van der Waals surface area contributed by atoms with E-state index in [4.69, 9.17) is 0 Å². The molecule has 1 aliphatic rings. The summed E-state index contributed by atoms with van der Waals surface area (Å²) in [5.41, 5.74) is 3.96. The first-order chi connectivity index (χ1) is 9.58. The molecule has 1 N–H and O–H groups in total. The average Bonchev–Trinajstić information content (AvgIpc) is 2.74. The van der Waals surface area contributed by atoms with Crippen molar-refractivity contribution in [2.24, 2.45) is 0 Å². The van der Waals surface area contributed by atoms with Gasteiger partial charge in [0.1, 0.15) is 5.82 Å². The first kappa shape index (κ1) is 13.1. The Bertz CT molecular complexity index is 639. The Morgan fingerprint density at radius 3 is 2.70 bits per heavy atom. The highest BCUT2D eigenvalue weighted by Crippen LogP contribution is 2.41. The fourth-order valence-electron chi connectivity index (χ4n) is 3.01. The molecule has 0 bridgehead atoms. The van der Waals surface area contributed by atoms with Crippen LogP contribution in [0.2, 0.25) is 0 Å². The molecule has 3 heteroatoms. The zero-order chi connectivity index (χ0) is 14.3. The molecule has 0 aliphatic carbocycles. The predicted molar refractivity (Wildman–Crippen MR) is 78.8 cm³/mol. The Labute approximate surface area is 118 Å². The molecule has 0 fully saturated rings. The third kappa shape index (κ3) is 2.08. The zero-order valence-electron chi connectivity index (χ0n) is 11.7. The number of rotatable bonds is 2. The second-order valence-electron chi connectivity index (χ2n) is 5.43. The van der Waals surface area contributed by atoms with Crippen LogP contribution < -0.4 is 4.90 Å². The molecule has 0 amide bonds. The summed E-state index contributed by atoms with van der Waals surface area (Å²) in [5.74, 6) is -0.315. The van der Waals surface area contributed by atoms with E-state index < -0.39 is 6.10 Å². The molecule has 0 radical (unpaired) electrons. The van der Waals surface area contributed by atoms with Crippen LogP contribution in [0.3, 0.4) is 0 Å². The molecule has 2 nitrogen and oxygen atoms in total. The minimum absolute atomic E-state index is 0.301. The SMILES string of the molecule is CC1Cc2ccccc2N1c1ccc(F)cc1[C@H](C)O. The van der Waals surface area contributed by atoms with Crippen molar-refractivity contribution in [2.45, 2.75) is 32.4 Å². The van der Waals surface area contributed by atoms with Gasteiger partial charge < -0.3 is 10.0 Å². The molecule has 3 rings (SSSR count). The van der Waals surface area contributed by atoms with Crippen LogP contribution in [0.25, 0.3) is 0 Å². The van der Waals surface area contributed by atoms with Crippen molar-refractivity contribution in [1.29, 1.82) is 0 Å². The highest BCUT2D eigenvalue weighted by molar-refractivity contribution is 5.73. The summed E-state index contributed by atoms with van der Waals surface area (Å²) in [6.07, 6.45) is 0.271. The molecule has 2 aromatic carbocycles. The smallest absolute Gasteiger partial charge is 0.123 e. The molecule has 1 aliphatic heterocycles. The molecule has 0 aromatic heterocycles. The van der Waals surface area contributed by atoms with Gasteiger partial charge in [-0.2, -0.15) is 0 Å². The molecule has 0 saturated carbocycles. The standard InChI is InChI=1S/C17H18FNO/c1-11-9-13-5-3-4-6-16(13)19(11)17-8-7-14(18)10-15(17)12(2)20/h3-8,10-12,20H,9H2,1-2H3/t11?,12-/m0/s1. The fourth-order valence-corrected chi connectivity index (χ4v) is 3.01. The first-order valence-electron chi connectivity index (χ1n) is 6.92. The summed E-state index contributed by atoms with van der Waals surface area (Å²) in [4.78, 5) is 2.19.